The van der Waals surface area contributed by atoms with Gasteiger partial charge in [-0.3, -0.25) is 0 Å². The van der Waals surface area contributed by atoms with E-state index in [1.165, 1.54) is 30.4 Å². The summed E-state index contributed by atoms with van der Waals surface area (Å²) in [5, 5.41) is 0. The van der Waals surface area contributed by atoms with E-state index in [-0.39, 0.29) is 6.04 Å². The zero-order chi connectivity index (χ0) is 11.7. The van der Waals surface area contributed by atoms with E-state index in [0.29, 0.717) is 12.0 Å². The van der Waals surface area contributed by atoms with Crippen molar-refractivity contribution in [2.24, 2.45) is 5.73 Å². The summed E-state index contributed by atoms with van der Waals surface area (Å²) in [6.07, 6.45) is 6.31. The molecule has 0 radical (unpaired) electrons. The average molecular weight is 231 g/mol. The van der Waals surface area contributed by atoms with Gasteiger partial charge in [0.05, 0.1) is 12.7 Å². The predicted octanol–water partition coefficient (Wildman–Crippen LogP) is 2.61. The molecule has 0 bridgehead atoms. The Morgan fingerprint density at radius 3 is 2.82 bits per heavy atom. The van der Waals surface area contributed by atoms with Crippen molar-refractivity contribution in [3.8, 4) is 0 Å². The average Bonchev–Trinajstić information content (AvgIpc) is 2.32. The molecule has 1 saturated carbocycles. The van der Waals surface area contributed by atoms with Crippen LogP contribution in [0.25, 0.3) is 0 Å². The molecule has 2 nitrogen and oxygen atoms in total. The zero-order valence-corrected chi connectivity index (χ0v) is 10.3. The van der Waals surface area contributed by atoms with E-state index in [1.807, 2.05) is 0 Å². The molecule has 2 heteroatoms. The van der Waals surface area contributed by atoms with Crippen molar-refractivity contribution in [2.45, 2.75) is 50.2 Å². The summed E-state index contributed by atoms with van der Waals surface area (Å²) < 4.78 is 6.03. The van der Waals surface area contributed by atoms with Crippen molar-refractivity contribution in [1.29, 1.82) is 0 Å². The third-order valence-electron chi connectivity index (χ3n) is 4.23. The van der Waals surface area contributed by atoms with Crippen LogP contribution in [0.4, 0.5) is 0 Å². The zero-order valence-electron chi connectivity index (χ0n) is 10.3. The molecule has 2 aliphatic carbocycles. The molecule has 2 aliphatic rings. The minimum Gasteiger partial charge on any atom is -0.376 e. The Morgan fingerprint density at radius 1 is 1.18 bits per heavy atom. The molecule has 0 amide bonds. The Morgan fingerprint density at radius 2 is 2.00 bits per heavy atom. The van der Waals surface area contributed by atoms with Gasteiger partial charge >= 0.3 is 0 Å². The van der Waals surface area contributed by atoms with E-state index in [2.05, 4.69) is 24.3 Å². The van der Waals surface area contributed by atoms with Crippen LogP contribution in [0.2, 0.25) is 0 Å². The molecule has 0 spiro atoms. The van der Waals surface area contributed by atoms with Gasteiger partial charge in [0.1, 0.15) is 0 Å². The summed E-state index contributed by atoms with van der Waals surface area (Å²) in [4.78, 5) is 0. The lowest BCUT2D eigenvalue weighted by Crippen LogP contribution is -2.40. The van der Waals surface area contributed by atoms with Crippen molar-refractivity contribution in [1.82, 2.24) is 0 Å². The fourth-order valence-electron chi connectivity index (χ4n) is 3.08. The number of benzene rings is 1. The smallest absolute Gasteiger partial charge is 0.0726 e. The molecule has 17 heavy (non-hydrogen) atoms. The fourth-order valence-corrected chi connectivity index (χ4v) is 3.08. The number of nitrogens with two attached hydrogens (primary N) is 1. The van der Waals surface area contributed by atoms with Crippen LogP contribution in [0.15, 0.2) is 24.3 Å². The van der Waals surface area contributed by atoms with E-state index >= 15 is 0 Å². The van der Waals surface area contributed by atoms with Crippen LogP contribution in [-0.4, -0.2) is 18.8 Å². The molecule has 3 atom stereocenters. The molecule has 2 N–H and O–H groups in total. The van der Waals surface area contributed by atoms with Crippen molar-refractivity contribution in [3.63, 3.8) is 0 Å². The molecule has 0 heterocycles. The van der Waals surface area contributed by atoms with Crippen LogP contribution in [0.5, 0.6) is 0 Å². The lowest BCUT2D eigenvalue weighted by atomic mass is 9.78. The molecule has 1 aromatic rings. The van der Waals surface area contributed by atoms with Gasteiger partial charge in [-0.1, -0.05) is 37.1 Å². The highest BCUT2D eigenvalue weighted by Gasteiger charge is 2.28. The Bertz CT molecular complexity index is 390. The molecule has 0 aromatic heterocycles. The monoisotopic (exact) mass is 231 g/mol. The SMILES string of the molecule is NC1CCCCC1OCC1Cc2ccccc21. The van der Waals surface area contributed by atoms with Crippen LogP contribution in [-0.2, 0) is 11.2 Å². The first-order valence-electron chi connectivity index (χ1n) is 6.79. The van der Waals surface area contributed by atoms with Crippen molar-refractivity contribution < 1.29 is 4.74 Å². The van der Waals surface area contributed by atoms with Crippen LogP contribution in [0.3, 0.4) is 0 Å². The van der Waals surface area contributed by atoms with Crippen molar-refractivity contribution in [3.05, 3.63) is 35.4 Å². The standard InChI is InChI=1S/C15H21NO/c16-14-7-3-4-8-15(14)17-10-12-9-11-5-1-2-6-13(11)12/h1-2,5-6,12,14-15H,3-4,7-10,16H2. The molecule has 0 saturated heterocycles. The maximum atomic E-state index is 6.09. The summed E-state index contributed by atoms with van der Waals surface area (Å²) in [7, 11) is 0. The first-order valence-corrected chi connectivity index (χ1v) is 6.79. The molecule has 1 fully saturated rings. The molecular weight excluding hydrogens is 210 g/mol. The lowest BCUT2D eigenvalue weighted by molar-refractivity contribution is 0.00478. The minimum atomic E-state index is 0.263. The fraction of sp³-hybridized carbons (Fsp3) is 0.600. The second-order valence-electron chi connectivity index (χ2n) is 5.42. The first kappa shape index (κ1) is 11.2. The summed E-state index contributed by atoms with van der Waals surface area (Å²) in [5.41, 5.74) is 9.07. The summed E-state index contributed by atoms with van der Waals surface area (Å²) in [5.74, 6) is 0.611. The number of hydrogen-bond acceptors (Lipinski definition) is 2. The highest BCUT2D eigenvalue weighted by molar-refractivity contribution is 5.39. The van der Waals surface area contributed by atoms with Crippen LogP contribution < -0.4 is 5.73 Å². The van der Waals surface area contributed by atoms with Gasteiger partial charge in [0.15, 0.2) is 0 Å². The number of rotatable bonds is 3. The maximum Gasteiger partial charge on any atom is 0.0726 e. The summed E-state index contributed by atoms with van der Waals surface area (Å²) in [6, 6.07) is 8.95. The third-order valence-corrected chi connectivity index (χ3v) is 4.23. The molecule has 3 unspecified atom stereocenters. The van der Waals surface area contributed by atoms with E-state index in [4.69, 9.17) is 10.5 Å². The Labute approximate surface area is 103 Å². The molecule has 3 rings (SSSR count). The van der Waals surface area contributed by atoms with Gasteiger partial charge in [0.2, 0.25) is 0 Å². The Kier molecular flexibility index (Phi) is 3.17. The molecular formula is C15H21NO. The van der Waals surface area contributed by atoms with Gasteiger partial charge in [-0.25, -0.2) is 0 Å². The number of fused-ring (bicyclic) bond motifs is 1. The van der Waals surface area contributed by atoms with Gasteiger partial charge in [-0.05, 0) is 30.4 Å². The van der Waals surface area contributed by atoms with Gasteiger partial charge < -0.3 is 10.5 Å². The summed E-state index contributed by atoms with van der Waals surface area (Å²) >= 11 is 0. The molecule has 1 aromatic carbocycles. The van der Waals surface area contributed by atoms with Gasteiger partial charge in [-0.15, -0.1) is 0 Å². The Hall–Kier alpha value is -0.860. The minimum absolute atomic E-state index is 0.263. The maximum absolute atomic E-state index is 6.09. The second kappa shape index (κ2) is 4.79. The molecule has 0 aliphatic heterocycles. The second-order valence-corrected chi connectivity index (χ2v) is 5.42. The third kappa shape index (κ3) is 2.24. The highest BCUT2D eigenvalue weighted by Crippen LogP contribution is 2.35. The van der Waals surface area contributed by atoms with Crippen LogP contribution >= 0.6 is 0 Å². The first-order chi connectivity index (χ1) is 8.34. The number of ether oxygens (including phenoxy) is 1. The van der Waals surface area contributed by atoms with E-state index < -0.39 is 0 Å². The van der Waals surface area contributed by atoms with Crippen LogP contribution in [0.1, 0.15) is 42.7 Å². The van der Waals surface area contributed by atoms with Gasteiger partial charge in [0, 0.05) is 12.0 Å². The normalized spacial score (nSPS) is 31.7. The topological polar surface area (TPSA) is 35.2 Å². The predicted molar refractivity (Wildman–Crippen MR) is 69.1 cm³/mol. The van der Waals surface area contributed by atoms with E-state index in [9.17, 15) is 0 Å². The van der Waals surface area contributed by atoms with E-state index in [1.54, 1.807) is 0 Å². The Balaban J connectivity index is 1.53. The van der Waals surface area contributed by atoms with Crippen LogP contribution in [0, 0.1) is 0 Å². The van der Waals surface area contributed by atoms with Crippen molar-refractivity contribution >= 4 is 0 Å². The van der Waals surface area contributed by atoms with Gasteiger partial charge in [0.25, 0.3) is 0 Å². The van der Waals surface area contributed by atoms with Crippen molar-refractivity contribution in [2.75, 3.05) is 6.61 Å². The number of hydrogen-bond donors (Lipinski definition) is 1. The highest BCUT2D eigenvalue weighted by atomic mass is 16.5. The summed E-state index contributed by atoms with van der Waals surface area (Å²) in [6.45, 7) is 0.857. The molecule has 92 valence electrons. The van der Waals surface area contributed by atoms with Gasteiger partial charge in [-0.2, -0.15) is 0 Å². The van der Waals surface area contributed by atoms with E-state index in [0.717, 1.165) is 19.4 Å². The largest absolute Gasteiger partial charge is 0.376 e. The quantitative estimate of drug-likeness (QED) is 0.868. The lowest BCUT2D eigenvalue weighted by Gasteiger charge is -2.34.